The molecule has 4 rings (SSSR count). The molecule has 0 spiro atoms. The number of amides is 2. The third-order valence-electron chi connectivity index (χ3n) is 6.51. The van der Waals surface area contributed by atoms with Crippen LogP contribution in [0.3, 0.4) is 0 Å². The van der Waals surface area contributed by atoms with Gasteiger partial charge in [-0.05, 0) is 44.1 Å². The average molecular weight is 523 g/mol. The highest BCUT2D eigenvalue weighted by molar-refractivity contribution is 7.19. The maximum Gasteiger partial charge on any atom is 0.227 e. The van der Waals surface area contributed by atoms with E-state index in [1.54, 1.807) is 23.2 Å². The molecule has 0 radical (unpaired) electrons. The van der Waals surface area contributed by atoms with Crippen LogP contribution in [0.5, 0.6) is 11.5 Å². The Morgan fingerprint density at radius 1 is 1.19 bits per heavy atom. The van der Waals surface area contributed by atoms with Crippen LogP contribution < -0.4 is 10.1 Å². The molecule has 1 aliphatic rings. The highest BCUT2D eigenvalue weighted by Gasteiger charge is 2.26. The van der Waals surface area contributed by atoms with Crippen LogP contribution in [0.4, 0.5) is 10.1 Å². The molecule has 0 atom stereocenters. The number of anilines is 1. The number of rotatable bonds is 7. The molecule has 1 aliphatic heterocycles. The topological polar surface area (TPSA) is 74.8 Å². The fourth-order valence-corrected chi connectivity index (χ4v) is 5.16. The summed E-state index contributed by atoms with van der Waals surface area (Å²) in [4.78, 5) is 33.4. The van der Waals surface area contributed by atoms with Crippen LogP contribution in [0.2, 0.25) is 0 Å². The lowest BCUT2D eigenvalue weighted by molar-refractivity contribution is -0.132. The fourth-order valence-electron chi connectivity index (χ4n) is 4.22. The minimum Gasteiger partial charge on any atom is -0.453 e. The zero-order valence-corrected chi connectivity index (χ0v) is 22.2. The van der Waals surface area contributed by atoms with Gasteiger partial charge in [0.15, 0.2) is 11.6 Å². The summed E-state index contributed by atoms with van der Waals surface area (Å²) < 4.78 is 21.6. The number of carbonyl (C=O) groups excluding carboxylic acids is 2. The summed E-state index contributed by atoms with van der Waals surface area (Å²) in [5, 5.41) is 2.79. The predicted molar refractivity (Wildman–Crippen MR) is 144 cm³/mol. The van der Waals surface area contributed by atoms with Gasteiger partial charge in [0.2, 0.25) is 11.8 Å². The second-order valence-corrected chi connectivity index (χ2v) is 9.97. The van der Waals surface area contributed by atoms with E-state index >= 15 is 0 Å². The van der Waals surface area contributed by atoms with Gasteiger partial charge in [-0.15, -0.1) is 11.3 Å². The zero-order chi connectivity index (χ0) is 26.4. The van der Waals surface area contributed by atoms with Crippen LogP contribution in [0.1, 0.15) is 38.5 Å². The third kappa shape index (κ3) is 6.64. The second kappa shape index (κ2) is 12.2. The van der Waals surface area contributed by atoms with Crippen LogP contribution in [0.25, 0.3) is 10.2 Å². The van der Waals surface area contributed by atoms with E-state index in [9.17, 15) is 14.0 Å². The Bertz CT molecular complexity index is 1330. The van der Waals surface area contributed by atoms with Gasteiger partial charge in [0.25, 0.3) is 0 Å². The third-order valence-corrected chi connectivity index (χ3v) is 7.57. The molecular weight excluding hydrogens is 491 g/mol. The summed E-state index contributed by atoms with van der Waals surface area (Å²) >= 11 is 1.46. The van der Waals surface area contributed by atoms with Crippen LogP contribution in [0, 0.1) is 23.6 Å². The molecule has 9 heteroatoms. The first-order valence-corrected chi connectivity index (χ1v) is 13.3. The molecule has 0 bridgehead atoms. The molecule has 0 saturated carbocycles. The molecule has 3 aromatic rings. The Morgan fingerprint density at radius 3 is 2.62 bits per heavy atom. The number of piperidine rings is 1. The van der Waals surface area contributed by atoms with Crippen LogP contribution >= 0.6 is 11.3 Å². The number of aromatic nitrogens is 1. The largest absolute Gasteiger partial charge is 0.453 e. The Hall–Kier alpha value is -3.48. The number of pyridine rings is 1. The maximum absolute atomic E-state index is 14.9. The Balaban J connectivity index is 1.42. The van der Waals surface area contributed by atoms with E-state index in [0.717, 1.165) is 28.2 Å². The van der Waals surface area contributed by atoms with E-state index in [0.29, 0.717) is 43.9 Å². The molecule has 1 saturated heterocycles. The van der Waals surface area contributed by atoms with Gasteiger partial charge in [0.05, 0.1) is 21.6 Å². The van der Waals surface area contributed by atoms with Gasteiger partial charge in [-0.3, -0.25) is 19.5 Å². The Kier molecular flexibility index (Phi) is 8.74. The summed E-state index contributed by atoms with van der Waals surface area (Å²) in [6.07, 6.45) is 2.81. The smallest absolute Gasteiger partial charge is 0.227 e. The van der Waals surface area contributed by atoms with Crippen molar-refractivity contribution in [1.82, 2.24) is 14.8 Å². The van der Waals surface area contributed by atoms with E-state index < -0.39 is 5.82 Å². The molecule has 194 valence electrons. The van der Waals surface area contributed by atoms with Crippen molar-refractivity contribution < 1.29 is 18.7 Å². The first kappa shape index (κ1) is 26.6. The van der Waals surface area contributed by atoms with Gasteiger partial charge in [-0.2, -0.15) is 0 Å². The van der Waals surface area contributed by atoms with Gasteiger partial charge in [0, 0.05) is 49.9 Å². The van der Waals surface area contributed by atoms with Gasteiger partial charge in [-0.25, -0.2) is 4.39 Å². The lowest BCUT2D eigenvalue weighted by atomic mass is 9.96. The molecule has 1 fully saturated rings. The molecule has 3 heterocycles. The molecule has 2 aromatic heterocycles. The lowest BCUT2D eigenvalue weighted by Gasteiger charge is -2.30. The van der Waals surface area contributed by atoms with E-state index in [4.69, 9.17) is 4.74 Å². The molecule has 1 aromatic carbocycles. The van der Waals surface area contributed by atoms with Crippen LogP contribution in [-0.2, 0) is 9.59 Å². The molecule has 0 unspecified atom stereocenters. The number of likely N-dealkylation sites (tertiary alicyclic amines) is 1. The predicted octanol–water partition coefficient (Wildman–Crippen LogP) is 5.12. The first-order valence-electron chi connectivity index (χ1n) is 12.5. The number of ether oxygens (including phenoxy) is 1. The fraction of sp³-hybridized carbons (Fsp3) is 0.393. The number of fused-ring (bicyclic) bond motifs is 1. The van der Waals surface area contributed by atoms with Crippen molar-refractivity contribution in [3.8, 4) is 23.3 Å². The standard InChI is InChI=1S/C28H31FN4O3S/c1-4-32(5-2)14-6-7-22-18-24-27(37-22)26(10-13-30-24)36-25-9-8-21(17-23(25)29)31-28(35)20-11-15-33(16-12-20)19(3)34/h8-10,13,17-18,20H,4-5,11-12,14-16H2,1-3H3,(H,31,35). The van der Waals surface area contributed by atoms with E-state index in [-0.39, 0.29) is 23.5 Å². The van der Waals surface area contributed by atoms with Crippen molar-refractivity contribution in [2.24, 2.45) is 5.92 Å². The van der Waals surface area contributed by atoms with Crippen molar-refractivity contribution in [3.05, 3.63) is 47.2 Å². The van der Waals surface area contributed by atoms with Crippen LogP contribution in [-0.4, -0.2) is 59.3 Å². The minimum absolute atomic E-state index is 0.0185. The van der Waals surface area contributed by atoms with Crippen molar-refractivity contribution >= 4 is 39.1 Å². The van der Waals surface area contributed by atoms with Crippen molar-refractivity contribution in [3.63, 3.8) is 0 Å². The highest BCUT2D eigenvalue weighted by atomic mass is 32.1. The van der Waals surface area contributed by atoms with Crippen molar-refractivity contribution in [2.75, 3.05) is 38.0 Å². The SMILES string of the molecule is CCN(CC)CC#Cc1cc2nccc(Oc3ccc(NC(=O)C4CCN(C(C)=O)CC4)cc3F)c2s1. The molecule has 7 nitrogen and oxygen atoms in total. The molecule has 1 N–H and O–H groups in total. The van der Waals surface area contributed by atoms with Crippen molar-refractivity contribution in [1.29, 1.82) is 0 Å². The number of nitrogens with zero attached hydrogens (tertiary/aromatic N) is 3. The lowest BCUT2D eigenvalue weighted by Crippen LogP contribution is -2.40. The van der Waals surface area contributed by atoms with E-state index in [1.807, 2.05) is 6.07 Å². The van der Waals surface area contributed by atoms with Gasteiger partial charge < -0.3 is 15.0 Å². The number of carbonyl (C=O) groups is 2. The summed E-state index contributed by atoms with van der Waals surface area (Å²) in [7, 11) is 0. The maximum atomic E-state index is 14.9. The molecule has 2 amide bonds. The first-order chi connectivity index (χ1) is 17.9. The highest BCUT2D eigenvalue weighted by Crippen LogP contribution is 2.36. The normalized spacial score (nSPS) is 13.9. The van der Waals surface area contributed by atoms with Crippen molar-refractivity contribution in [2.45, 2.75) is 33.6 Å². The molecule has 37 heavy (non-hydrogen) atoms. The average Bonchev–Trinajstić information content (AvgIpc) is 3.32. The molecule has 0 aliphatic carbocycles. The van der Waals surface area contributed by atoms with Gasteiger partial charge in [-0.1, -0.05) is 25.7 Å². The summed E-state index contributed by atoms with van der Waals surface area (Å²) in [5.41, 5.74) is 1.11. The van der Waals surface area contributed by atoms with Gasteiger partial charge in [0.1, 0.15) is 5.75 Å². The minimum atomic E-state index is -0.579. The number of thiophene rings is 1. The zero-order valence-electron chi connectivity index (χ0n) is 21.3. The number of hydrogen-bond acceptors (Lipinski definition) is 6. The summed E-state index contributed by atoms with van der Waals surface area (Å²) in [6, 6.07) is 8.01. The van der Waals surface area contributed by atoms with E-state index in [1.165, 1.54) is 30.4 Å². The Morgan fingerprint density at radius 2 is 1.95 bits per heavy atom. The molecular formula is C28H31FN4O3S. The van der Waals surface area contributed by atoms with Crippen LogP contribution in [0.15, 0.2) is 36.5 Å². The summed E-state index contributed by atoms with van der Waals surface area (Å²) in [6.45, 7) is 9.46. The summed E-state index contributed by atoms with van der Waals surface area (Å²) in [5.74, 6) is 6.02. The Labute approximate surface area is 220 Å². The quantitative estimate of drug-likeness (QED) is 0.436. The van der Waals surface area contributed by atoms with Gasteiger partial charge >= 0.3 is 0 Å². The number of hydrogen-bond donors (Lipinski definition) is 1. The number of benzene rings is 1. The second-order valence-electron chi connectivity index (χ2n) is 8.91. The van der Waals surface area contributed by atoms with E-state index in [2.05, 4.69) is 40.9 Å². The number of nitrogens with one attached hydrogen (secondary N) is 1. The monoisotopic (exact) mass is 522 g/mol. The number of halogens is 1.